The maximum atomic E-state index is 11.4. The molecule has 1 N–H and O–H groups in total. The number of pyridine rings is 1. The van der Waals surface area contributed by atoms with Crippen LogP contribution in [0, 0.1) is 6.92 Å². The summed E-state index contributed by atoms with van der Waals surface area (Å²) in [6, 6.07) is 3.50. The highest BCUT2D eigenvalue weighted by Gasteiger charge is 2.04. The van der Waals surface area contributed by atoms with Gasteiger partial charge in [0, 0.05) is 16.9 Å². The fourth-order valence-corrected chi connectivity index (χ4v) is 0.947. The molecule has 74 valence electrons. The average molecular weight is 211 g/mol. The number of halogens is 1. The van der Waals surface area contributed by atoms with E-state index >= 15 is 0 Å². The average Bonchev–Trinajstić information content (AvgIpc) is 2.15. The molecule has 0 radical (unpaired) electrons. The zero-order chi connectivity index (χ0) is 10.6. The first kappa shape index (κ1) is 10.7. The van der Waals surface area contributed by atoms with Crippen molar-refractivity contribution in [3.05, 3.63) is 41.2 Å². The molecule has 0 saturated carbocycles. The van der Waals surface area contributed by atoms with Crippen LogP contribution < -0.4 is 5.32 Å². The summed E-state index contributed by atoms with van der Waals surface area (Å²) in [7, 11) is 0. The molecule has 1 aromatic heterocycles. The Bertz CT molecular complexity index is 346. The zero-order valence-electron chi connectivity index (χ0n) is 7.88. The molecule has 14 heavy (non-hydrogen) atoms. The number of aryl methyl sites for hydroxylation is 1. The topological polar surface area (TPSA) is 42.0 Å². The Hall–Kier alpha value is -1.35. The minimum atomic E-state index is -0.195. The third-order valence-corrected chi connectivity index (χ3v) is 1.75. The molecule has 0 aromatic carbocycles. The van der Waals surface area contributed by atoms with E-state index in [1.807, 2.05) is 6.92 Å². The summed E-state index contributed by atoms with van der Waals surface area (Å²) in [6.45, 7) is 5.61. The van der Waals surface area contributed by atoms with Crippen LogP contribution in [0.15, 0.2) is 29.9 Å². The molecule has 0 aliphatic heterocycles. The van der Waals surface area contributed by atoms with Gasteiger partial charge in [-0.1, -0.05) is 18.2 Å². The normalized spacial score (nSPS) is 9.57. The van der Waals surface area contributed by atoms with Crippen LogP contribution in [0.1, 0.15) is 16.1 Å². The van der Waals surface area contributed by atoms with Gasteiger partial charge in [0.15, 0.2) is 0 Å². The van der Waals surface area contributed by atoms with Crippen molar-refractivity contribution in [2.75, 3.05) is 6.54 Å². The summed E-state index contributed by atoms with van der Waals surface area (Å²) >= 11 is 5.51. The van der Waals surface area contributed by atoms with Crippen molar-refractivity contribution < 1.29 is 4.79 Å². The fourth-order valence-electron chi connectivity index (χ4n) is 0.880. The van der Waals surface area contributed by atoms with Gasteiger partial charge in [-0.15, -0.1) is 0 Å². The van der Waals surface area contributed by atoms with Crippen LogP contribution in [0.3, 0.4) is 0 Å². The van der Waals surface area contributed by atoms with Gasteiger partial charge >= 0.3 is 0 Å². The number of aromatic nitrogens is 1. The van der Waals surface area contributed by atoms with Crippen molar-refractivity contribution in [2.45, 2.75) is 6.92 Å². The Balaban J connectivity index is 2.61. The number of amides is 1. The fraction of sp³-hybridized carbons (Fsp3) is 0.200. The van der Waals surface area contributed by atoms with E-state index in [4.69, 9.17) is 11.6 Å². The smallest absolute Gasteiger partial charge is 0.253 e. The Morgan fingerprint density at radius 2 is 2.36 bits per heavy atom. The summed E-state index contributed by atoms with van der Waals surface area (Å²) in [5, 5.41) is 3.01. The van der Waals surface area contributed by atoms with E-state index in [1.54, 1.807) is 12.1 Å². The van der Waals surface area contributed by atoms with Crippen molar-refractivity contribution in [1.82, 2.24) is 10.3 Å². The SMILES string of the molecule is C=C(Cl)CNC(=O)c1ccc(C)nc1. The quantitative estimate of drug-likeness (QED) is 0.828. The first-order chi connectivity index (χ1) is 6.59. The summed E-state index contributed by atoms with van der Waals surface area (Å²) in [5.41, 5.74) is 1.40. The monoisotopic (exact) mass is 210 g/mol. The molecule has 1 heterocycles. The van der Waals surface area contributed by atoms with E-state index in [0.717, 1.165) is 5.69 Å². The van der Waals surface area contributed by atoms with Gasteiger partial charge in [-0.2, -0.15) is 0 Å². The summed E-state index contributed by atoms with van der Waals surface area (Å²) in [4.78, 5) is 15.4. The maximum absolute atomic E-state index is 11.4. The molecule has 3 nitrogen and oxygen atoms in total. The van der Waals surface area contributed by atoms with Crippen LogP contribution in [0.25, 0.3) is 0 Å². The highest BCUT2D eigenvalue weighted by atomic mass is 35.5. The minimum absolute atomic E-state index is 0.195. The largest absolute Gasteiger partial charge is 0.347 e. The van der Waals surface area contributed by atoms with Crippen LogP contribution in [0.2, 0.25) is 0 Å². The molecule has 4 heteroatoms. The number of hydrogen-bond acceptors (Lipinski definition) is 2. The molecule has 0 atom stereocenters. The minimum Gasteiger partial charge on any atom is -0.347 e. The van der Waals surface area contributed by atoms with Gasteiger partial charge in [-0.05, 0) is 19.1 Å². The number of carbonyl (C=O) groups excluding carboxylic acids is 1. The zero-order valence-corrected chi connectivity index (χ0v) is 8.64. The Kier molecular flexibility index (Phi) is 3.65. The van der Waals surface area contributed by atoms with Crippen LogP contribution in [0.5, 0.6) is 0 Å². The van der Waals surface area contributed by atoms with Crippen LogP contribution >= 0.6 is 11.6 Å². The molecule has 1 amide bonds. The Morgan fingerprint density at radius 3 is 2.86 bits per heavy atom. The number of carbonyl (C=O) groups is 1. The molecule has 0 aliphatic rings. The summed E-state index contributed by atoms with van der Waals surface area (Å²) in [6.07, 6.45) is 1.53. The number of nitrogens with one attached hydrogen (secondary N) is 1. The van der Waals surface area contributed by atoms with Gasteiger partial charge in [-0.25, -0.2) is 0 Å². The van der Waals surface area contributed by atoms with E-state index in [1.165, 1.54) is 6.20 Å². The lowest BCUT2D eigenvalue weighted by molar-refractivity contribution is 0.0957. The first-order valence-electron chi connectivity index (χ1n) is 4.13. The summed E-state index contributed by atoms with van der Waals surface area (Å²) < 4.78 is 0. The highest BCUT2D eigenvalue weighted by Crippen LogP contribution is 2.00. The van der Waals surface area contributed by atoms with Gasteiger partial charge in [0.1, 0.15) is 0 Å². The molecule has 0 spiro atoms. The van der Waals surface area contributed by atoms with E-state index in [0.29, 0.717) is 10.6 Å². The Morgan fingerprint density at radius 1 is 1.64 bits per heavy atom. The second-order valence-electron chi connectivity index (χ2n) is 2.89. The Labute approximate surface area is 87.8 Å². The number of rotatable bonds is 3. The highest BCUT2D eigenvalue weighted by molar-refractivity contribution is 6.29. The first-order valence-corrected chi connectivity index (χ1v) is 4.51. The lowest BCUT2D eigenvalue weighted by Gasteiger charge is -2.03. The van der Waals surface area contributed by atoms with Gasteiger partial charge in [0.2, 0.25) is 0 Å². The standard InChI is InChI=1S/C10H11ClN2O/c1-7(11)5-13-10(14)9-4-3-8(2)12-6-9/h3-4,6H,1,5H2,2H3,(H,13,14). The van der Waals surface area contributed by atoms with Crippen molar-refractivity contribution in [3.8, 4) is 0 Å². The third kappa shape index (κ3) is 3.18. The molecular formula is C10H11ClN2O. The van der Waals surface area contributed by atoms with Gasteiger partial charge in [-0.3, -0.25) is 9.78 Å². The van der Waals surface area contributed by atoms with E-state index < -0.39 is 0 Å². The molecule has 0 fully saturated rings. The molecule has 0 saturated heterocycles. The van der Waals surface area contributed by atoms with Gasteiger partial charge in [0.05, 0.1) is 12.1 Å². The molecule has 0 bridgehead atoms. The van der Waals surface area contributed by atoms with Crippen molar-refractivity contribution in [1.29, 1.82) is 0 Å². The van der Waals surface area contributed by atoms with Crippen molar-refractivity contribution >= 4 is 17.5 Å². The van der Waals surface area contributed by atoms with Crippen LogP contribution in [0.4, 0.5) is 0 Å². The van der Waals surface area contributed by atoms with Gasteiger partial charge < -0.3 is 5.32 Å². The predicted octanol–water partition coefficient (Wildman–Crippen LogP) is 1.87. The molecule has 0 unspecified atom stereocenters. The number of nitrogens with zero attached hydrogens (tertiary/aromatic N) is 1. The molecule has 1 rings (SSSR count). The maximum Gasteiger partial charge on any atom is 0.253 e. The lowest BCUT2D eigenvalue weighted by atomic mass is 10.2. The molecular weight excluding hydrogens is 200 g/mol. The van der Waals surface area contributed by atoms with Crippen LogP contribution in [-0.2, 0) is 0 Å². The van der Waals surface area contributed by atoms with E-state index in [-0.39, 0.29) is 12.5 Å². The van der Waals surface area contributed by atoms with Crippen molar-refractivity contribution in [2.24, 2.45) is 0 Å². The van der Waals surface area contributed by atoms with E-state index in [9.17, 15) is 4.79 Å². The number of hydrogen-bond donors (Lipinski definition) is 1. The van der Waals surface area contributed by atoms with Gasteiger partial charge in [0.25, 0.3) is 5.91 Å². The third-order valence-electron chi connectivity index (χ3n) is 1.61. The predicted molar refractivity (Wildman–Crippen MR) is 56.3 cm³/mol. The van der Waals surface area contributed by atoms with Crippen LogP contribution in [-0.4, -0.2) is 17.4 Å². The molecule has 1 aromatic rings. The second-order valence-corrected chi connectivity index (χ2v) is 3.42. The summed E-state index contributed by atoms with van der Waals surface area (Å²) in [5.74, 6) is -0.195. The van der Waals surface area contributed by atoms with E-state index in [2.05, 4.69) is 16.9 Å². The lowest BCUT2D eigenvalue weighted by Crippen LogP contribution is -2.24. The molecule has 0 aliphatic carbocycles. The second kappa shape index (κ2) is 4.77. The van der Waals surface area contributed by atoms with Crippen molar-refractivity contribution in [3.63, 3.8) is 0 Å².